The summed E-state index contributed by atoms with van der Waals surface area (Å²) in [5.74, 6) is 0.610. The Bertz CT molecular complexity index is 448. The molecule has 0 fully saturated rings. The van der Waals surface area contributed by atoms with Crippen LogP contribution in [0.2, 0.25) is 0 Å². The van der Waals surface area contributed by atoms with Crippen LogP contribution < -0.4 is 5.32 Å². The number of anilines is 1. The van der Waals surface area contributed by atoms with Crippen LogP contribution in [0.4, 0.5) is 5.69 Å². The van der Waals surface area contributed by atoms with Gasteiger partial charge in [-0.15, -0.1) is 0 Å². The van der Waals surface area contributed by atoms with Gasteiger partial charge >= 0.3 is 0 Å². The predicted molar refractivity (Wildman–Crippen MR) is 73.2 cm³/mol. The van der Waals surface area contributed by atoms with Gasteiger partial charge in [-0.2, -0.15) is 5.26 Å². The predicted octanol–water partition coefficient (Wildman–Crippen LogP) is 3.69. The number of amides is 1. The second-order valence-electron chi connectivity index (χ2n) is 4.66. The molecule has 0 aromatic heterocycles. The summed E-state index contributed by atoms with van der Waals surface area (Å²) in [7, 11) is 0. The molecule has 96 valence electrons. The number of hydrogen-bond acceptors (Lipinski definition) is 2. The van der Waals surface area contributed by atoms with E-state index in [0.29, 0.717) is 12.3 Å². The van der Waals surface area contributed by atoms with Crippen LogP contribution in [0, 0.1) is 17.2 Å². The van der Waals surface area contributed by atoms with Gasteiger partial charge in [0.15, 0.2) is 0 Å². The van der Waals surface area contributed by atoms with E-state index in [2.05, 4.69) is 25.2 Å². The van der Waals surface area contributed by atoms with Crippen LogP contribution in [0.3, 0.4) is 0 Å². The molecule has 0 bridgehead atoms. The molecule has 0 aliphatic carbocycles. The minimum atomic E-state index is -0.0764. The van der Waals surface area contributed by atoms with Crippen molar-refractivity contribution in [2.24, 2.45) is 5.92 Å². The Morgan fingerprint density at radius 1 is 1.50 bits per heavy atom. The summed E-state index contributed by atoms with van der Waals surface area (Å²) in [4.78, 5) is 11.0. The van der Waals surface area contributed by atoms with Crippen molar-refractivity contribution in [2.75, 3.05) is 5.32 Å². The van der Waals surface area contributed by atoms with Gasteiger partial charge in [0.1, 0.15) is 0 Å². The highest BCUT2D eigenvalue weighted by molar-refractivity contribution is 5.88. The summed E-state index contributed by atoms with van der Waals surface area (Å²) >= 11 is 0. The number of benzene rings is 1. The Hall–Kier alpha value is -1.82. The molecule has 1 N–H and O–H groups in total. The second kappa shape index (κ2) is 6.80. The lowest BCUT2D eigenvalue weighted by Gasteiger charge is -2.21. The van der Waals surface area contributed by atoms with E-state index >= 15 is 0 Å². The molecule has 3 nitrogen and oxygen atoms in total. The van der Waals surface area contributed by atoms with E-state index in [1.807, 2.05) is 24.3 Å². The van der Waals surface area contributed by atoms with E-state index in [1.165, 1.54) is 6.92 Å². The van der Waals surface area contributed by atoms with Crippen molar-refractivity contribution in [2.45, 2.75) is 39.5 Å². The maximum absolute atomic E-state index is 11.0. The molecule has 3 heteroatoms. The van der Waals surface area contributed by atoms with Crippen molar-refractivity contribution >= 4 is 11.6 Å². The zero-order valence-corrected chi connectivity index (χ0v) is 11.2. The number of carbonyl (C=O) groups excluding carboxylic acids is 1. The van der Waals surface area contributed by atoms with Crippen molar-refractivity contribution in [3.63, 3.8) is 0 Å². The lowest BCUT2D eigenvalue weighted by molar-refractivity contribution is -0.114. The van der Waals surface area contributed by atoms with Crippen molar-refractivity contribution < 1.29 is 4.79 Å². The van der Waals surface area contributed by atoms with Gasteiger partial charge < -0.3 is 5.32 Å². The molecule has 0 heterocycles. The minimum Gasteiger partial charge on any atom is -0.326 e. The maximum Gasteiger partial charge on any atom is 0.221 e. The van der Waals surface area contributed by atoms with Gasteiger partial charge in [0.25, 0.3) is 0 Å². The SMILES string of the molecule is CCC(C)C(CC#N)c1cccc(NC(C)=O)c1. The van der Waals surface area contributed by atoms with Crippen LogP contribution in [0.1, 0.15) is 45.1 Å². The topological polar surface area (TPSA) is 52.9 Å². The molecule has 0 radical (unpaired) electrons. The first-order valence-electron chi connectivity index (χ1n) is 6.33. The largest absolute Gasteiger partial charge is 0.326 e. The van der Waals surface area contributed by atoms with E-state index < -0.39 is 0 Å². The van der Waals surface area contributed by atoms with Gasteiger partial charge in [0, 0.05) is 19.0 Å². The monoisotopic (exact) mass is 244 g/mol. The molecule has 1 aromatic rings. The summed E-state index contributed by atoms with van der Waals surface area (Å²) in [6, 6.07) is 10.0. The maximum atomic E-state index is 11.0. The molecule has 0 saturated heterocycles. The molecule has 2 unspecified atom stereocenters. The fourth-order valence-electron chi connectivity index (χ4n) is 2.08. The number of carbonyl (C=O) groups is 1. The minimum absolute atomic E-state index is 0.0764. The highest BCUT2D eigenvalue weighted by Crippen LogP contribution is 2.31. The van der Waals surface area contributed by atoms with E-state index in [1.54, 1.807) is 0 Å². The summed E-state index contributed by atoms with van der Waals surface area (Å²) in [5, 5.41) is 11.7. The Morgan fingerprint density at radius 3 is 2.78 bits per heavy atom. The van der Waals surface area contributed by atoms with Crippen LogP contribution in [0.15, 0.2) is 24.3 Å². The van der Waals surface area contributed by atoms with Gasteiger partial charge in [-0.3, -0.25) is 4.79 Å². The van der Waals surface area contributed by atoms with E-state index in [0.717, 1.165) is 17.7 Å². The number of nitrogens with zero attached hydrogens (tertiary/aromatic N) is 1. The standard InChI is InChI=1S/C15H20N2O/c1-4-11(2)15(8-9-16)13-6-5-7-14(10-13)17-12(3)18/h5-7,10-11,15H,4,8H2,1-3H3,(H,17,18). The van der Waals surface area contributed by atoms with E-state index in [4.69, 9.17) is 5.26 Å². The molecule has 0 saturated carbocycles. The molecule has 0 spiro atoms. The third kappa shape index (κ3) is 3.89. The van der Waals surface area contributed by atoms with Gasteiger partial charge in [0.2, 0.25) is 5.91 Å². The zero-order chi connectivity index (χ0) is 13.5. The molecule has 1 aromatic carbocycles. The normalized spacial score (nSPS) is 13.4. The van der Waals surface area contributed by atoms with Crippen LogP contribution >= 0.6 is 0 Å². The number of nitriles is 1. The summed E-state index contributed by atoms with van der Waals surface area (Å²) in [6.07, 6.45) is 1.55. The molecular formula is C15H20N2O. The number of hydrogen-bond donors (Lipinski definition) is 1. The molecule has 0 aliphatic rings. The molecular weight excluding hydrogens is 224 g/mol. The summed E-state index contributed by atoms with van der Waals surface area (Å²) < 4.78 is 0. The van der Waals surface area contributed by atoms with Gasteiger partial charge in [-0.05, 0) is 29.5 Å². The third-order valence-corrected chi connectivity index (χ3v) is 3.28. The van der Waals surface area contributed by atoms with Crippen molar-refractivity contribution in [3.05, 3.63) is 29.8 Å². The lowest BCUT2D eigenvalue weighted by atomic mass is 9.83. The average Bonchev–Trinajstić information content (AvgIpc) is 2.34. The summed E-state index contributed by atoms with van der Waals surface area (Å²) in [5.41, 5.74) is 1.92. The zero-order valence-electron chi connectivity index (χ0n) is 11.2. The number of rotatable bonds is 5. The Balaban J connectivity index is 2.98. The van der Waals surface area contributed by atoms with Gasteiger partial charge in [-0.25, -0.2) is 0 Å². The molecule has 2 atom stereocenters. The fraction of sp³-hybridized carbons (Fsp3) is 0.467. The first kappa shape index (κ1) is 14.2. The molecule has 1 rings (SSSR count). The first-order chi connectivity index (χ1) is 8.58. The fourth-order valence-corrected chi connectivity index (χ4v) is 2.08. The third-order valence-electron chi connectivity index (χ3n) is 3.28. The molecule has 1 amide bonds. The average molecular weight is 244 g/mol. The highest BCUT2D eigenvalue weighted by Gasteiger charge is 2.18. The molecule has 0 aliphatic heterocycles. The van der Waals surface area contributed by atoms with Gasteiger partial charge in [0.05, 0.1) is 6.07 Å². The van der Waals surface area contributed by atoms with Gasteiger partial charge in [-0.1, -0.05) is 32.4 Å². The van der Waals surface area contributed by atoms with E-state index in [9.17, 15) is 4.79 Å². The Morgan fingerprint density at radius 2 is 2.22 bits per heavy atom. The van der Waals surface area contributed by atoms with Crippen LogP contribution in [-0.4, -0.2) is 5.91 Å². The van der Waals surface area contributed by atoms with Crippen LogP contribution in [-0.2, 0) is 4.79 Å². The van der Waals surface area contributed by atoms with Crippen molar-refractivity contribution in [3.8, 4) is 6.07 Å². The Labute approximate surface area is 109 Å². The first-order valence-corrected chi connectivity index (χ1v) is 6.33. The van der Waals surface area contributed by atoms with E-state index in [-0.39, 0.29) is 11.8 Å². The Kier molecular flexibility index (Phi) is 5.38. The quantitative estimate of drug-likeness (QED) is 0.858. The van der Waals surface area contributed by atoms with Crippen molar-refractivity contribution in [1.82, 2.24) is 0 Å². The molecule has 18 heavy (non-hydrogen) atoms. The smallest absolute Gasteiger partial charge is 0.221 e. The van der Waals surface area contributed by atoms with Crippen LogP contribution in [0.5, 0.6) is 0 Å². The number of nitrogens with one attached hydrogen (secondary N) is 1. The lowest BCUT2D eigenvalue weighted by Crippen LogP contribution is -2.10. The van der Waals surface area contributed by atoms with Crippen LogP contribution in [0.25, 0.3) is 0 Å². The highest BCUT2D eigenvalue weighted by atomic mass is 16.1. The van der Waals surface area contributed by atoms with Crippen molar-refractivity contribution in [1.29, 1.82) is 5.26 Å². The second-order valence-corrected chi connectivity index (χ2v) is 4.66. The summed E-state index contributed by atoms with van der Waals surface area (Å²) in [6.45, 7) is 5.79.